The van der Waals surface area contributed by atoms with E-state index in [1.165, 1.54) is 6.08 Å². The van der Waals surface area contributed by atoms with E-state index in [4.69, 9.17) is 5.11 Å². The van der Waals surface area contributed by atoms with E-state index in [0.717, 1.165) is 5.56 Å². The van der Waals surface area contributed by atoms with Gasteiger partial charge in [0.1, 0.15) is 0 Å². The molecule has 0 radical (unpaired) electrons. The van der Waals surface area contributed by atoms with E-state index >= 15 is 0 Å². The summed E-state index contributed by atoms with van der Waals surface area (Å²) in [6.07, 6.45) is 1.80. The number of carbonyl (C=O) groups is 1. The molecule has 15 heavy (non-hydrogen) atoms. The number of rotatable bonds is 5. The minimum atomic E-state index is -0.335. The Bertz CT molecular complexity index is 322. The van der Waals surface area contributed by atoms with Crippen LogP contribution in [0.3, 0.4) is 0 Å². The second kappa shape index (κ2) is 5.98. The quantitative estimate of drug-likeness (QED) is 0.714. The van der Waals surface area contributed by atoms with Crippen LogP contribution in [0.1, 0.15) is 18.0 Å². The molecule has 3 heteroatoms. The Kier molecular flexibility index (Phi) is 4.57. The largest absolute Gasteiger partial charge is 0.394 e. The number of hydrogen-bond acceptors (Lipinski definition) is 2. The Morgan fingerprint density at radius 1 is 1.47 bits per heavy atom. The first kappa shape index (κ1) is 11.5. The summed E-state index contributed by atoms with van der Waals surface area (Å²) in [5.74, 6) is -0.132. The highest BCUT2D eigenvalue weighted by molar-refractivity contribution is 5.77. The molecule has 3 nitrogen and oxygen atoms in total. The summed E-state index contributed by atoms with van der Waals surface area (Å²) in [6, 6.07) is 9.04. The van der Waals surface area contributed by atoms with Gasteiger partial charge in [0.05, 0.1) is 12.6 Å². The topological polar surface area (TPSA) is 49.3 Å². The second-order valence-corrected chi connectivity index (χ2v) is 3.21. The number of hydrogen-bond donors (Lipinski definition) is 2. The van der Waals surface area contributed by atoms with Crippen LogP contribution in [-0.2, 0) is 4.79 Å². The molecule has 0 spiro atoms. The van der Waals surface area contributed by atoms with E-state index < -0.39 is 0 Å². The Balaban J connectivity index is 2.64. The lowest BCUT2D eigenvalue weighted by atomic mass is 10.1. The maximum atomic E-state index is 11.3. The van der Waals surface area contributed by atoms with E-state index in [1.54, 1.807) is 0 Å². The molecule has 1 atom stereocenters. The third kappa shape index (κ3) is 3.56. The van der Waals surface area contributed by atoms with Gasteiger partial charge in [-0.3, -0.25) is 4.79 Å². The van der Waals surface area contributed by atoms with Crippen LogP contribution in [0.5, 0.6) is 0 Å². The Labute approximate surface area is 89.4 Å². The van der Waals surface area contributed by atoms with E-state index in [-0.39, 0.29) is 25.0 Å². The minimum absolute atomic E-state index is 0.104. The van der Waals surface area contributed by atoms with Gasteiger partial charge in [0, 0.05) is 6.42 Å². The van der Waals surface area contributed by atoms with Gasteiger partial charge in [-0.05, 0) is 5.56 Å². The van der Waals surface area contributed by atoms with Crippen molar-refractivity contribution in [1.29, 1.82) is 0 Å². The summed E-state index contributed by atoms with van der Waals surface area (Å²) in [4.78, 5) is 11.3. The average Bonchev–Trinajstić information content (AvgIpc) is 2.27. The van der Waals surface area contributed by atoms with Crippen LogP contribution in [0.15, 0.2) is 43.0 Å². The summed E-state index contributed by atoms with van der Waals surface area (Å²) in [5, 5.41) is 11.9. The molecule has 1 rings (SSSR count). The van der Waals surface area contributed by atoms with Crippen molar-refractivity contribution in [3.05, 3.63) is 48.6 Å². The highest BCUT2D eigenvalue weighted by Crippen LogP contribution is 2.11. The molecule has 1 amide bonds. The Morgan fingerprint density at radius 3 is 2.67 bits per heavy atom. The molecular formula is C12H15NO2. The third-order valence-electron chi connectivity index (χ3n) is 2.05. The first-order chi connectivity index (χ1) is 7.27. The van der Waals surface area contributed by atoms with Crippen LogP contribution in [0.4, 0.5) is 0 Å². The van der Waals surface area contributed by atoms with Crippen LogP contribution in [0.25, 0.3) is 0 Å². The molecule has 0 bridgehead atoms. The van der Waals surface area contributed by atoms with Crippen molar-refractivity contribution < 1.29 is 9.90 Å². The normalized spacial score (nSPS) is 11.8. The molecular weight excluding hydrogens is 190 g/mol. The van der Waals surface area contributed by atoms with Crippen molar-refractivity contribution in [3.8, 4) is 0 Å². The predicted octanol–water partition coefficient (Wildman–Crippen LogP) is 1.41. The SMILES string of the molecule is C=CCC(=O)N[C@@H](CO)c1ccccc1. The van der Waals surface area contributed by atoms with E-state index in [1.807, 2.05) is 30.3 Å². The van der Waals surface area contributed by atoms with Crippen molar-refractivity contribution in [2.24, 2.45) is 0 Å². The van der Waals surface area contributed by atoms with Crippen LogP contribution >= 0.6 is 0 Å². The molecule has 0 saturated carbocycles. The fourth-order valence-electron chi connectivity index (χ4n) is 1.30. The van der Waals surface area contributed by atoms with Gasteiger partial charge >= 0.3 is 0 Å². The van der Waals surface area contributed by atoms with E-state index in [0.29, 0.717) is 0 Å². The van der Waals surface area contributed by atoms with Gasteiger partial charge in [0.25, 0.3) is 0 Å². The van der Waals surface area contributed by atoms with Gasteiger partial charge in [0.2, 0.25) is 5.91 Å². The summed E-state index contributed by atoms with van der Waals surface area (Å²) in [5.41, 5.74) is 0.900. The first-order valence-electron chi connectivity index (χ1n) is 4.84. The molecule has 0 aliphatic heterocycles. The van der Waals surface area contributed by atoms with Gasteiger partial charge in [-0.15, -0.1) is 6.58 Å². The van der Waals surface area contributed by atoms with Crippen molar-refractivity contribution in [2.75, 3.05) is 6.61 Å². The molecule has 0 fully saturated rings. The van der Waals surface area contributed by atoms with Crippen molar-refractivity contribution in [1.82, 2.24) is 5.32 Å². The van der Waals surface area contributed by atoms with Gasteiger partial charge < -0.3 is 10.4 Å². The van der Waals surface area contributed by atoms with Gasteiger partial charge in [-0.2, -0.15) is 0 Å². The minimum Gasteiger partial charge on any atom is -0.394 e. The lowest BCUT2D eigenvalue weighted by Gasteiger charge is -2.15. The van der Waals surface area contributed by atoms with Crippen LogP contribution in [0.2, 0.25) is 0 Å². The molecule has 0 aliphatic carbocycles. The zero-order chi connectivity index (χ0) is 11.1. The molecule has 80 valence electrons. The fraction of sp³-hybridized carbons (Fsp3) is 0.250. The Morgan fingerprint density at radius 2 is 2.13 bits per heavy atom. The molecule has 0 unspecified atom stereocenters. The van der Waals surface area contributed by atoms with Gasteiger partial charge in [-0.1, -0.05) is 36.4 Å². The second-order valence-electron chi connectivity index (χ2n) is 3.21. The smallest absolute Gasteiger partial charge is 0.224 e. The Hall–Kier alpha value is -1.61. The van der Waals surface area contributed by atoms with Crippen molar-refractivity contribution >= 4 is 5.91 Å². The third-order valence-corrected chi connectivity index (χ3v) is 2.05. The maximum absolute atomic E-state index is 11.3. The fourth-order valence-corrected chi connectivity index (χ4v) is 1.30. The van der Waals surface area contributed by atoms with Gasteiger partial charge in [-0.25, -0.2) is 0 Å². The monoisotopic (exact) mass is 205 g/mol. The number of amides is 1. The maximum Gasteiger partial charge on any atom is 0.224 e. The lowest BCUT2D eigenvalue weighted by molar-refractivity contribution is -0.121. The molecule has 0 aromatic heterocycles. The lowest BCUT2D eigenvalue weighted by Crippen LogP contribution is -2.30. The van der Waals surface area contributed by atoms with Gasteiger partial charge in [0.15, 0.2) is 0 Å². The summed E-state index contributed by atoms with van der Waals surface area (Å²) < 4.78 is 0. The number of aliphatic hydroxyl groups is 1. The zero-order valence-corrected chi connectivity index (χ0v) is 8.52. The number of benzene rings is 1. The average molecular weight is 205 g/mol. The first-order valence-corrected chi connectivity index (χ1v) is 4.84. The molecule has 1 aromatic carbocycles. The summed E-state index contributed by atoms with van der Waals surface area (Å²) in [6.45, 7) is 3.38. The highest BCUT2D eigenvalue weighted by Gasteiger charge is 2.11. The molecule has 0 aliphatic rings. The predicted molar refractivity (Wildman–Crippen MR) is 59.2 cm³/mol. The highest BCUT2D eigenvalue weighted by atomic mass is 16.3. The zero-order valence-electron chi connectivity index (χ0n) is 8.52. The molecule has 0 saturated heterocycles. The number of nitrogens with one attached hydrogen (secondary N) is 1. The summed E-state index contributed by atoms with van der Waals surface area (Å²) >= 11 is 0. The van der Waals surface area contributed by atoms with Crippen LogP contribution in [-0.4, -0.2) is 17.6 Å². The molecule has 1 aromatic rings. The number of aliphatic hydroxyl groups excluding tert-OH is 1. The number of carbonyl (C=O) groups excluding carboxylic acids is 1. The van der Waals surface area contributed by atoms with Crippen molar-refractivity contribution in [2.45, 2.75) is 12.5 Å². The standard InChI is InChI=1S/C12H15NO2/c1-2-6-12(15)13-11(9-14)10-7-4-3-5-8-10/h2-5,7-8,11,14H,1,6,9H2,(H,13,15)/t11-/m0/s1. The van der Waals surface area contributed by atoms with Crippen molar-refractivity contribution in [3.63, 3.8) is 0 Å². The van der Waals surface area contributed by atoms with E-state index in [9.17, 15) is 4.79 Å². The van der Waals surface area contributed by atoms with E-state index in [2.05, 4.69) is 11.9 Å². The molecule has 0 heterocycles. The molecule has 2 N–H and O–H groups in total. The summed E-state index contributed by atoms with van der Waals surface area (Å²) in [7, 11) is 0. The van der Waals surface area contributed by atoms with Crippen LogP contribution < -0.4 is 5.32 Å². The van der Waals surface area contributed by atoms with Crippen LogP contribution in [0, 0.1) is 0 Å².